The maximum Gasteiger partial charge on any atom is 0.277 e. The Morgan fingerprint density at radius 1 is 1.03 bits per heavy atom. The first kappa shape index (κ1) is 19.9. The van der Waals surface area contributed by atoms with Crippen molar-refractivity contribution >= 4 is 28.7 Å². The summed E-state index contributed by atoms with van der Waals surface area (Å²) in [5.41, 5.74) is 2.27. The molecular formula is C23H27N3O2S. The Balaban J connectivity index is 1.60. The molecule has 1 saturated heterocycles. The minimum atomic E-state index is -0.164. The van der Waals surface area contributed by atoms with Gasteiger partial charge >= 0.3 is 0 Å². The average molecular weight is 410 g/mol. The molecule has 2 amide bonds. The number of hydrogen-bond donors (Lipinski definition) is 0. The number of carbonyl (C=O) groups is 2. The van der Waals surface area contributed by atoms with Gasteiger partial charge in [-0.05, 0) is 56.4 Å². The van der Waals surface area contributed by atoms with Crippen LogP contribution in [0.5, 0.6) is 0 Å². The number of likely N-dealkylation sites (N-methyl/N-ethyl adjacent to an activating group) is 1. The first-order valence-electron chi connectivity index (χ1n) is 10.2. The van der Waals surface area contributed by atoms with Gasteiger partial charge in [0.25, 0.3) is 11.8 Å². The number of rotatable bonds is 6. The lowest BCUT2D eigenvalue weighted by molar-refractivity contribution is -0.137. The summed E-state index contributed by atoms with van der Waals surface area (Å²) in [6, 6.07) is 14.2. The van der Waals surface area contributed by atoms with Crippen LogP contribution in [0.15, 0.2) is 53.5 Å². The van der Waals surface area contributed by atoms with Gasteiger partial charge in [0.15, 0.2) is 0 Å². The molecule has 1 fully saturated rings. The lowest BCUT2D eigenvalue weighted by Crippen LogP contribution is -2.43. The zero-order valence-corrected chi connectivity index (χ0v) is 17.8. The fraction of sp³-hybridized carbons (Fsp3) is 0.391. The van der Waals surface area contributed by atoms with Gasteiger partial charge in [-0.25, -0.2) is 0 Å². The highest BCUT2D eigenvalue weighted by Gasteiger charge is 2.42. The van der Waals surface area contributed by atoms with E-state index in [4.69, 9.17) is 0 Å². The van der Waals surface area contributed by atoms with Crippen molar-refractivity contribution < 1.29 is 9.59 Å². The molecule has 29 heavy (non-hydrogen) atoms. The minimum Gasteiger partial charge on any atom is -0.366 e. The number of amides is 2. The number of piperidine rings is 1. The van der Waals surface area contributed by atoms with E-state index in [1.807, 2.05) is 54.9 Å². The molecule has 0 radical (unpaired) electrons. The van der Waals surface area contributed by atoms with Gasteiger partial charge in [-0.1, -0.05) is 36.4 Å². The molecule has 0 aliphatic carbocycles. The van der Waals surface area contributed by atoms with Crippen molar-refractivity contribution in [2.45, 2.75) is 25.3 Å². The first-order valence-corrected chi connectivity index (χ1v) is 11.0. The number of thiophene rings is 1. The molecule has 0 saturated carbocycles. The highest BCUT2D eigenvalue weighted by molar-refractivity contribution is 7.11. The van der Waals surface area contributed by atoms with Crippen molar-refractivity contribution in [1.82, 2.24) is 14.7 Å². The smallest absolute Gasteiger partial charge is 0.277 e. The molecule has 2 aliphatic rings. The van der Waals surface area contributed by atoms with E-state index in [-0.39, 0.29) is 17.9 Å². The monoisotopic (exact) mass is 409 g/mol. The van der Waals surface area contributed by atoms with E-state index < -0.39 is 0 Å². The Kier molecular flexibility index (Phi) is 5.83. The van der Waals surface area contributed by atoms with E-state index in [0.29, 0.717) is 24.2 Å². The van der Waals surface area contributed by atoms with Gasteiger partial charge in [0.2, 0.25) is 0 Å². The molecule has 3 heterocycles. The number of likely N-dealkylation sites (tertiary alicyclic amines) is 1. The summed E-state index contributed by atoms with van der Waals surface area (Å²) in [6.07, 6.45) is 2.67. The molecule has 4 rings (SSSR count). The molecule has 0 spiro atoms. The van der Waals surface area contributed by atoms with E-state index in [9.17, 15) is 9.59 Å². The van der Waals surface area contributed by atoms with Crippen LogP contribution < -0.4 is 0 Å². The largest absolute Gasteiger partial charge is 0.366 e. The second-order valence-corrected chi connectivity index (χ2v) is 8.79. The van der Waals surface area contributed by atoms with Gasteiger partial charge in [-0.15, -0.1) is 11.3 Å². The van der Waals surface area contributed by atoms with Gasteiger partial charge in [0.05, 0.1) is 5.57 Å². The summed E-state index contributed by atoms with van der Waals surface area (Å²) >= 11 is 1.52. The van der Waals surface area contributed by atoms with Crippen LogP contribution in [0.2, 0.25) is 0 Å². The molecule has 2 aromatic rings. The highest BCUT2D eigenvalue weighted by Crippen LogP contribution is 2.35. The molecule has 152 valence electrons. The van der Waals surface area contributed by atoms with Crippen molar-refractivity contribution in [1.29, 1.82) is 0 Å². The maximum atomic E-state index is 13.4. The average Bonchev–Trinajstić information content (AvgIpc) is 3.34. The molecule has 1 aromatic carbocycles. The summed E-state index contributed by atoms with van der Waals surface area (Å²) in [6.45, 7) is 2.42. The fourth-order valence-electron chi connectivity index (χ4n) is 4.19. The van der Waals surface area contributed by atoms with Crippen LogP contribution in [-0.2, 0) is 16.0 Å². The van der Waals surface area contributed by atoms with Crippen LogP contribution in [0.1, 0.15) is 23.3 Å². The van der Waals surface area contributed by atoms with Crippen LogP contribution in [-0.4, -0.2) is 66.3 Å². The number of imide groups is 1. The standard InChI is InChI=1S/C23H27N3O2S/c1-24-13-11-18(12-14-24)25(2)21-20(19-9-6-16-29-19)22(27)26(23(21)28)15-10-17-7-4-3-5-8-17/h3-9,16,18H,10-15H2,1-2H3. The first-order chi connectivity index (χ1) is 14.1. The van der Waals surface area contributed by atoms with E-state index in [2.05, 4.69) is 16.8 Å². The van der Waals surface area contributed by atoms with Crippen LogP contribution in [0.4, 0.5) is 0 Å². The molecular weight excluding hydrogens is 382 g/mol. The van der Waals surface area contributed by atoms with Crippen molar-refractivity contribution in [3.05, 3.63) is 64.0 Å². The Bertz CT molecular complexity index is 899. The highest BCUT2D eigenvalue weighted by atomic mass is 32.1. The number of carbonyl (C=O) groups excluding carboxylic acids is 2. The third-order valence-corrected chi connectivity index (χ3v) is 6.85. The third-order valence-electron chi connectivity index (χ3n) is 5.97. The lowest BCUT2D eigenvalue weighted by Gasteiger charge is -2.36. The van der Waals surface area contributed by atoms with Crippen molar-refractivity contribution in [3.63, 3.8) is 0 Å². The van der Waals surface area contributed by atoms with Crippen LogP contribution in [0.25, 0.3) is 5.57 Å². The van der Waals surface area contributed by atoms with Crippen molar-refractivity contribution in [3.8, 4) is 0 Å². The quantitative estimate of drug-likeness (QED) is 0.688. The van der Waals surface area contributed by atoms with E-state index in [1.54, 1.807) is 0 Å². The normalized spacial score (nSPS) is 18.8. The molecule has 6 heteroatoms. The molecule has 0 N–H and O–H groups in total. The summed E-state index contributed by atoms with van der Waals surface area (Å²) in [4.78, 5) is 33.4. The van der Waals surface area contributed by atoms with Crippen molar-refractivity contribution in [2.24, 2.45) is 0 Å². The van der Waals surface area contributed by atoms with Gasteiger partial charge in [-0.2, -0.15) is 0 Å². The summed E-state index contributed by atoms with van der Waals surface area (Å²) in [7, 11) is 4.10. The predicted molar refractivity (Wildman–Crippen MR) is 116 cm³/mol. The Morgan fingerprint density at radius 3 is 2.41 bits per heavy atom. The summed E-state index contributed by atoms with van der Waals surface area (Å²) < 4.78 is 0. The van der Waals surface area contributed by atoms with Gasteiger partial charge in [0, 0.05) is 24.5 Å². The predicted octanol–water partition coefficient (Wildman–Crippen LogP) is 3.10. The van der Waals surface area contributed by atoms with Gasteiger partial charge < -0.3 is 9.80 Å². The molecule has 2 aliphatic heterocycles. The fourth-order valence-corrected chi connectivity index (χ4v) is 4.95. The molecule has 1 aromatic heterocycles. The Morgan fingerprint density at radius 2 is 1.76 bits per heavy atom. The van der Waals surface area contributed by atoms with Gasteiger partial charge in [-0.3, -0.25) is 14.5 Å². The number of nitrogens with zero attached hydrogens (tertiary/aromatic N) is 3. The number of hydrogen-bond acceptors (Lipinski definition) is 5. The van der Waals surface area contributed by atoms with Crippen LogP contribution in [0.3, 0.4) is 0 Å². The second kappa shape index (κ2) is 8.51. The topological polar surface area (TPSA) is 43.9 Å². The molecule has 5 nitrogen and oxygen atoms in total. The van der Waals surface area contributed by atoms with Gasteiger partial charge in [0.1, 0.15) is 5.70 Å². The molecule has 0 bridgehead atoms. The van der Waals surface area contributed by atoms with Crippen LogP contribution in [0, 0.1) is 0 Å². The third kappa shape index (κ3) is 4.00. The zero-order chi connectivity index (χ0) is 20.4. The van der Waals surface area contributed by atoms with E-state index in [1.165, 1.54) is 16.2 Å². The van der Waals surface area contributed by atoms with Crippen molar-refractivity contribution in [2.75, 3.05) is 33.7 Å². The summed E-state index contributed by atoms with van der Waals surface area (Å²) in [5, 5.41) is 1.96. The minimum absolute atomic E-state index is 0.157. The SMILES string of the molecule is CN1CCC(N(C)C2=C(c3cccs3)C(=O)N(CCc3ccccc3)C2=O)CC1. The maximum absolute atomic E-state index is 13.4. The second-order valence-electron chi connectivity index (χ2n) is 7.84. The molecule has 0 unspecified atom stereocenters. The van der Waals surface area contributed by atoms with E-state index in [0.717, 1.165) is 36.4 Å². The zero-order valence-electron chi connectivity index (χ0n) is 17.0. The van der Waals surface area contributed by atoms with Crippen LogP contribution >= 0.6 is 11.3 Å². The Hall–Kier alpha value is -2.44. The number of benzene rings is 1. The lowest BCUT2D eigenvalue weighted by atomic mass is 10.0. The summed E-state index contributed by atoms with van der Waals surface area (Å²) in [5.74, 6) is -0.320. The van der Waals surface area contributed by atoms with E-state index >= 15 is 0 Å². The Labute approximate surface area is 176 Å². The molecule has 0 atom stereocenters.